The second-order valence-electron chi connectivity index (χ2n) is 5.43. The van der Waals surface area contributed by atoms with Crippen molar-refractivity contribution in [2.24, 2.45) is 0 Å². The van der Waals surface area contributed by atoms with Crippen molar-refractivity contribution in [2.45, 2.75) is 31.7 Å². The third-order valence-electron chi connectivity index (χ3n) is 4.03. The number of nitrogens with zero attached hydrogens (tertiary/aromatic N) is 5. The molecule has 0 aromatic carbocycles. The highest BCUT2D eigenvalue weighted by molar-refractivity contribution is 5.94. The summed E-state index contributed by atoms with van der Waals surface area (Å²) in [4.78, 5) is 18.8. The van der Waals surface area contributed by atoms with Crippen LogP contribution in [0.25, 0.3) is 5.82 Å². The van der Waals surface area contributed by atoms with Crippen LogP contribution in [0, 0.1) is 0 Å². The third kappa shape index (κ3) is 2.99. The maximum Gasteiger partial charge on any atom is 0.255 e. The quantitative estimate of drug-likeness (QED) is 0.912. The molecule has 1 fully saturated rings. The molecule has 2 aromatic heterocycles. The molecule has 0 bridgehead atoms. The van der Waals surface area contributed by atoms with E-state index in [1.165, 1.54) is 0 Å². The summed E-state index contributed by atoms with van der Waals surface area (Å²) in [6.45, 7) is 0.857. The largest absolute Gasteiger partial charge is 0.396 e. The number of pyridine rings is 1. The lowest BCUT2D eigenvalue weighted by molar-refractivity contribution is 0.0574. The van der Waals surface area contributed by atoms with Crippen molar-refractivity contribution in [2.75, 3.05) is 13.2 Å². The minimum atomic E-state index is -0.0130. The van der Waals surface area contributed by atoms with E-state index < -0.39 is 0 Å². The predicted molar refractivity (Wildman–Crippen MR) is 79.5 cm³/mol. The maximum absolute atomic E-state index is 12.7. The highest BCUT2D eigenvalue weighted by Gasteiger charge is 2.27. The van der Waals surface area contributed by atoms with E-state index in [9.17, 15) is 4.79 Å². The van der Waals surface area contributed by atoms with Gasteiger partial charge in [0.05, 0.1) is 5.56 Å². The number of hydrogen-bond acceptors (Lipinski definition) is 5. The van der Waals surface area contributed by atoms with Crippen LogP contribution in [0.4, 0.5) is 0 Å². The number of aliphatic hydroxyl groups excluding tert-OH is 1. The Kier molecular flexibility index (Phi) is 4.43. The molecule has 116 valence electrons. The third-order valence-corrected chi connectivity index (χ3v) is 4.03. The van der Waals surface area contributed by atoms with Crippen molar-refractivity contribution >= 4 is 5.91 Å². The van der Waals surface area contributed by atoms with E-state index in [4.69, 9.17) is 5.11 Å². The fourth-order valence-corrected chi connectivity index (χ4v) is 2.87. The van der Waals surface area contributed by atoms with Gasteiger partial charge in [0.15, 0.2) is 0 Å². The average Bonchev–Trinajstić information content (AvgIpc) is 3.10. The van der Waals surface area contributed by atoms with Crippen LogP contribution < -0.4 is 0 Å². The molecule has 1 N–H and O–H groups in total. The Bertz CT molecular complexity index is 609. The summed E-state index contributed by atoms with van der Waals surface area (Å²) in [5.74, 6) is 0.660. The van der Waals surface area contributed by atoms with Crippen molar-refractivity contribution in [3.05, 3.63) is 36.5 Å². The van der Waals surface area contributed by atoms with Crippen LogP contribution in [-0.2, 0) is 0 Å². The number of likely N-dealkylation sites (tertiary alicyclic amines) is 1. The van der Waals surface area contributed by atoms with E-state index in [0.29, 0.717) is 17.8 Å². The summed E-state index contributed by atoms with van der Waals surface area (Å²) in [7, 11) is 0. The van der Waals surface area contributed by atoms with Crippen LogP contribution in [0.2, 0.25) is 0 Å². The summed E-state index contributed by atoms with van der Waals surface area (Å²) in [6, 6.07) is 3.68. The highest BCUT2D eigenvalue weighted by Crippen LogP contribution is 2.21. The van der Waals surface area contributed by atoms with Crippen molar-refractivity contribution in [3.63, 3.8) is 0 Å². The lowest BCUT2D eigenvalue weighted by Crippen LogP contribution is -2.44. The molecule has 3 rings (SSSR count). The van der Waals surface area contributed by atoms with Gasteiger partial charge in [-0.25, -0.2) is 4.98 Å². The molecule has 1 aliphatic heterocycles. The lowest BCUT2D eigenvalue weighted by Gasteiger charge is -2.35. The molecule has 1 unspecified atom stereocenters. The molecule has 3 heterocycles. The second kappa shape index (κ2) is 6.65. The molecule has 0 aliphatic carbocycles. The van der Waals surface area contributed by atoms with E-state index in [-0.39, 0.29) is 18.6 Å². The van der Waals surface area contributed by atoms with Crippen molar-refractivity contribution in [1.29, 1.82) is 0 Å². The van der Waals surface area contributed by atoms with Crippen LogP contribution in [0.5, 0.6) is 0 Å². The van der Waals surface area contributed by atoms with Crippen molar-refractivity contribution in [3.8, 4) is 5.82 Å². The Morgan fingerprint density at radius 2 is 2.09 bits per heavy atom. The van der Waals surface area contributed by atoms with Gasteiger partial charge >= 0.3 is 0 Å². The molecule has 1 saturated heterocycles. The molecule has 7 heteroatoms. The first-order chi connectivity index (χ1) is 10.8. The summed E-state index contributed by atoms with van der Waals surface area (Å²) < 4.78 is 1.68. The van der Waals surface area contributed by atoms with E-state index in [1.54, 1.807) is 35.6 Å². The summed E-state index contributed by atoms with van der Waals surface area (Å²) in [5.41, 5.74) is 0.571. The van der Waals surface area contributed by atoms with Gasteiger partial charge in [-0.1, -0.05) is 0 Å². The number of aliphatic hydroxyl groups is 1. The van der Waals surface area contributed by atoms with Gasteiger partial charge in [0.25, 0.3) is 5.91 Å². The summed E-state index contributed by atoms with van der Waals surface area (Å²) in [5, 5.41) is 16.6. The molecule has 22 heavy (non-hydrogen) atoms. The molecular formula is C15H19N5O2. The first-order valence-corrected chi connectivity index (χ1v) is 7.52. The van der Waals surface area contributed by atoms with E-state index in [1.807, 2.05) is 4.90 Å². The summed E-state index contributed by atoms with van der Waals surface area (Å²) in [6.07, 6.45) is 8.43. The molecule has 7 nitrogen and oxygen atoms in total. The Labute approximate surface area is 128 Å². The smallest absolute Gasteiger partial charge is 0.255 e. The SMILES string of the molecule is O=C(c1ccc(-n2cnnc2)nc1)N1CCCCC1CCO. The number of carbonyl (C=O) groups excluding carboxylic acids is 1. The number of piperidine rings is 1. The van der Waals surface area contributed by atoms with Gasteiger partial charge in [-0.15, -0.1) is 10.2 Å². The summed E-state index contributed by atoms with van der Waals surface area (Å²) >= 11 is 0. The zero-order valence-corrected chi connectivity index (χ0v) is 12.3. The zero-order valence-electron chi connectivity index (χ0n) is 12.3. The number of hydrogen-bond donors (Lipinski definition) is 1. The Morgan fingerprint density at radius 3 is 2.77 bits per heavy atom. The standard InChI is InChI=1S/C15H19N5O2/c21-8-6-13-3-1-2-7-20(13)15(22)12-4-5-14(16-9-12)19-10-17-18-11-19/h4-5,9-11,13,21H,1-3,6-8H2. The minimum Gasteiger partial charge on any atom is -0.396 e. The molecule has 1 atom stereocenters. The van der Waals surface area contributed by atoms with Gasteiger partial charge in [-0.05, 0) is 37.8 Å². The van der Waals surface area contributed by atoms with Crippen LogP contribution in [0.15, 0.2) is 31.0 Å². The Balaban J connectivity index is 1.76. The van der Waals surface area contributed by atoms with Crippen LogP contribution in [0.3, 0.4) is 0 Å². The predicted octanol–water partition coefficient (Wildman–Crippen LogP) is 1.04. The highest BCUT2D eigenvalue weighted by atomic mass is 16.3. The number of aromatic nitrogens is 4. The van der Waals surface area contributed by atoms with E-state index in [2.05, 4.69) is 15.2 Å². The van der Waals surface area contributed by atoms with Crippen LogP contribution >= 0.6 is 0 Å². The number of carbonyl (C=O) groups is 1. The average molecular weight is 301 g/mol. The van der Waals surface area contributed by atoms with Gasteiger partial charge in [0.1, 0.15) is 18.5 Å². The van der Waals surface area contributed by atoms with Gasteiger partial charge in [-0.2, -0.15) is 0 Å². The Morgan fingerprint density at radius 1 is 1.27 bits per heavy atom. The molecule has 0 spiro atoms. The fraction of sp³-hybridized carbons (Fsp3) is 0.467. The first-order valence-electron chi connectivity index (χ1n) is 7.52. The topological polar surface area (TPSA) is 84.1 Å². The van der Waals surface area contributed by atoms with Gasteiger partial charge in [0, 0.05) is 25.4 Å². The molecule has 0 radical (unpaired) electrons. The zero-order chi connectivity index (χ0) is 15.4. The van der Waals surface area contributed by atoms with Crippen molar-refractivity contribution < 1.29 is 9.90 Å². The molecule has 2 aromatic rings. The number of amides is 1. The molecule has 0 saturated carbocycles. The van der Waals surface area contributed by atoms with Gasteiger partial charge in [0.2, 0.25) is 0 Å². The minimum absolute atomic E-state index is 0.0130. The molecular weight excluding hydrogens is 282 g/mol. The fourth-order valence-electron chi connectivity index (χ4n) is 2.87. The monoisotopic (exact) mass is 301 g/mol. The van der Waals surface area contributed by atoms with E-state index >= 15 is 0 Å². The van der Waals surface area contributed by atoms with Gasteiger partial charge < -0.3 is 10.0 Å². The van der Waals surface area contributed by atoms with Gasteiger partial charge in [-0.3, -0.25) is 9.36 Å². The molecule has 1 aliphatic rings. The molecule has 1 amide bonds. The lowest BCUT2D eigenvalue weighted by atomic mass is 9.98. The normalized spacial score (nSPS) is 18.4. The Hall–Kier alpha value is -2.28. The maximum atomic E-state index is 12.7. The van der Waals surface area contributed by atoms with E-state index in [0.717, 1.165) is 25.8 Å². The number of rotatable bonds is 4. The van der Waals surface area contributed by atoms with Crippen molar-refractivity contribution in [1.82, 2.24) is 24.6 Å². The first kappa shape index (κ1) is 14.6. The van der Waals surface area contributed by atoms with Crippen LogP contribution in [0.1, 0.15) is 36.0 Å². The second-order valence-corrected chi connectivity index (χ2v) is 5.43. The van der Waals surface area contributed by atoms with Crippen LogP contribution in [-0.4, -0.2) is 54.9 Å².